The van der Waals surface area contributed by atoms with Gasteiger partial charge in [-0.3, -0.25) is 14.9 Å². The number of carbonyl (C=O) groups is 2. The summed E-state index contributed by atoms with van der Waals surface area (Å²) >= 11 is 0. The Morgan fingerprint density at radius 3 is 2.32 bits per heavy atom. The Bertz CT molecular complexity index is 691. The maximum atomic E-state index is 13.0. The van der Waals surface area contributed by atoms with Crippen LogP contribution < -0.4 is 5.32 Å². The summed E-state index contributed by atoms with van der Waals surface area (Å²) in [5, 5.41) is 3.32. The average Bonchev–Trinajstić information content (AvgIpc) is 3.23. The lowest BCUT2D eigenvalue weighted by atomic mass is 9.81. The van der Waals surface area contributed by atoms with E-state index in [1.807, 2.05) is 44.2 Å². The molecule has 1 N–H and O–H groups in total. The van der Waals surface area contributed by atoms with Crippen LogP contribution in [0.1, 0.15) is 39.3 Å². The summed E-state index contributed by atoms with van der Waals surface area (Å²) < 4.78 is 22.5. The van der Waals surface area contributed by atoms with Crippen LogP contribution in [0, 0.1) is 11.8 Å². The second-order valence-corrected chi connectivity index (χ2v) is 7.51. The van der Waals surface area contributed by atoms with Crippen molar-refractivity contribution in [3.05, 3.63) is 35.9 Å². The molecule has 0 radical (unpaired) electrons. The number of hydrogen-bond acceptors (Lipinski definition) is 7. The third-order valence-electron chi connectivity index (χ3n) is 5.24. The molecule has 2 aliphatic rings. The number of hydrogen-bond donors (Lipinski definition) is 1. The van der Waals surface area contributed by atoms with Gasteiger partial charge in [-0.05, 0) is 33.3 Å². The van der Waals surface area contributed by atoms with Crippen LogP contribution in [0.15, 0.2) is 30.3 Å². The lowest BCUT2D eigenvalue weighted by Gasteiger charge is -2.28. The fraction of sp³-hybridized carbons (Fsp3) is 0.619. The second kappa shape index (κ2) is 8.59. The van der Waals surface area contributed by atoms with Gasteiger partial charge in [-0.15, -0.1) is 0 Å². The van der Waals surface area contributed by atoms with Crippen molar-refractivity contribution in [1.82, 2.24) is 5.32 Å². The quantitative estimate of drug-likeness (QED) is 0.745. The van der Waals surface area contributed by atoms with Crippen molar-refractivity contribution in [2.75, 3.05) is 19.8 Å². The molecule has 1 aromatic carbocycles. The minimum atomic E-state index is -0.770. The highest BCUT2D eigenvalue weighted by Crippen LogP contribution is 2.44. The summed E-state index contributed by atoms with van der Waals surface area (Å²) in [6, 6.07) is 8.52. The first kappa shape index (κ1) is 20.8. The van der Waals surface area contributed by atoms with Crippen molar-refractivity contribution in [1.29, 1.82) is 0 Å². The van der Waals surface area contributed by atoms with E-state index in [1.54, 1.807) is 13.8 Å². The normalized spacial score (nSPS) is 31.5. The van der Waals surface area contributed by atoms with Gasteiger partial charge < -0.3 is 18.9 Å². The van der Waals surface area contributed by atoms with E-state index in [2.05, 4.69) is 5.32 Å². The van der Waals surface area contributed by atoms with Crippen molar-refractivity contribution < 1.29 is 28.5 Å². The standard InChI is InChI=1S/C21H29NO6/c1-5-25-19(23)16-15(14-12-27-21(3,4)28-14)18(20(24)26-6-2)22-17(16)13-10-8-7-9-11-13/h7-11,14-18,22H,5-6,12H2,1-4H3/t14-,15-,16-,17-,18-/m1/s1. The van der Waals surface area contributed by atoms with Crippen molar-refractivity contribution in [3.63, 3.8) is 0 Å². The third-order valence-corrected chi connectivity index (χ3v) is 5.24. The molecule has 7 nitrogen and oxygen atoms in total. The Morgan fingerprint density at radius 1 is 1.11 bits per heavy atom. The number of rotatable bonds is 6. The van der Waals surface area contributed by atoms with E-state index in [-0.39, 0.29) is 25.2 Å². The monoisotopic (exact) mass is 391 g/mol. The SMILES string of the molecule is CCOC(=O)[C@@H]1[C@@H]([C@H]2COC(C)(C)O2)[C@H](C(=O)OCC)N[C@@H]1c1ccccc1. The fourth-order valence-electron chi connectivity index (χ4n) is 4.14. The molecule has 5 atom stereocenters. The molecule has 0 saturated carbocycles. The van der Waals surface area contributed by atoms with Gasteiger partial charge in [-0.1, -0.05) is 30.3 Å². The van der Waals surface area contributed by atoms with Crippen LogP contribution in [-0.2, 0) is 28.5 Å². The molecule has 0 aliphatic carbocycles. The maximum absolute atomic E-state index is 13.0. The number of ether oxygens (including phenoxy) is 4. The molecular formula is C21H29NO6. The zero-order chi connectivity index (χ0) is 20.3. The highest BCUT2D eigenvalue weighted by molar-refractivity contribution is 5.81. The molecule has 2 heterocycles. The Kier molecular flexibility index (Phi) is 6.37. The molecule has 2 saturated heterocycles. The van der Waals surface area contributed by atoms with E-state index in [0.717, 1.165) is 5.56 Å². The molecule has 0 aromatic heterocycles. The molecule has 0 spiro atoms. The van der Waals surface area contributed by atoms with Crippen molar-refractivity contribution in [2.45, 2.75) is 51.7 Å². The zero-order valence-corrected chi connectivity index (χ0v) is 16.8. The Morgan fingerprint density at radius 2 is 1.75 bits per heavy atom. The highest BCUT2D eigenvalue weighted by atomic mass is 16.7. The van der Waals surface area contributed by atoms with E-state index in [4.69, 9.17) is 18.9 Å². The summed E-state index contributed by atoms with van der Waals surface area (Å²) in [7, 11) is 0. The average molecular weight is 391 g/mol. The van der Waals surface area contributed by atoms with Gasteiger partial charge >= 0.3 is 11.9 Å². The first-order chi connectivity index (χ1) is 13.4. The van der Waals surface area contributed by atoms with Crippen molar-refractivity contribution >= 4 is 11.9 Å². The Hall–Kier alpha value is -1.96. The molecular weight excluding hydrogens is 362 g/mol. The van der Waals surface area contributed by atoms with Crippen LogP contribution in [0.3, 0.4) is 0 Å². The first-order valence-corrected chi connectivity index (χ1v) is 9.84. The van der Waals surface area contributed by atoms with Gasteiger partial charge in [-0.25, -0.2) is 0 Å². The molecule has 7 heteroatoms. The van der Waals surface area contributed by atoms with Gasteiger partial charge in [0.15, 0.2) is 5.79 Å². The summed E-state index contributed by atoms with van der Waals surface area (Å²) in [6.07, 6.45) is -0.431. The molecule has 28 heavy (non-hydrogen) atoms. The number of carbonyl (C=O) groups excluding carboxylic acids is 2. The molecule has 0 unspecified atom stereocenters. The zero-order valence-electron chi connectivity index (χ0n) is 16.8. The van der Waals surface area contributed by atoms with E-state index >= 15 is 0 Å². The molecule has 0 amide bonds. The van der Waals surface area contributed by atoms with Crippen LogP contribution >= 0.6 is 0 Å². The number of esters is 2. The highest BCUT2D eigenvalue weighted by Gasteiger charge is 2.57. The molecule has 154 valence electrons. The van der Waals surface area contributed by atoms with Gasteiger partial charge in [0.2, 0.25) is 0 Å². The van der Waals surface area contributed by atoms with Crippen molar-refractivity contribution in [2.24, 2.45) is 11.8 Å². The minimum absolute atomic E-state index is 0.261. The van der Waals surface area contributed by atoms with E-state index < -0.39 is 35.7 Å². The molecule has 0 bridgehead atoms. The molecule has 1 aromatic rings. The van der Waals surface area contributed by atoms with Crippen molar-refractivity contribution in [3.8, 4) is 0 Å². The summed E-state index contributed by atoms with van der Waals surface area (Å²) in [6.45, 7) is 8.00. The van der Waals surface area contributed by atoms with Gasteiger partial charge in [0.1, 0.15) is 6.04 Å². The van der Waals surface area contributed by atoms with Gasteiger partial charge in [0.25, 0.3) is 0 Å². The minimum Gasteiger partial charge on any atom is -0.466 e. The topological polar surface area (TPSA) is 83.1 Å². The van der Waals surface area contributed by atoms with Gasteiger partial charge in [0, 0.05) is 12.0 Å². The van der Waals surface area contributed by atoms with Crippen LogP contribution in [0.25, 0.3) is 0 Å². The largest absolute Gasteiger partial charge is 0.466 e. The second-order valence-electron chi connectivity index (χ2n) is 7.51. The lowest BCUT2D eigenvalue weighted by molar-refractivity contribution is -0.163. The third kappa shape index (κ3) is 4.21. The Labute approximate surface area is 165 Å². The first-order valence-electron chi connectivity index (χ1n) is 9.84. The van der Waals surface area contributed by atoms with E-state index in [1.165, 1.54) is 0 Å². The van der Waals surface area contributed by atoms with Crippen LogP contribution in [0.4, 0.5) is 0 Å². The summed E-state index contributed by atoms with van der Waals surface area (Å²) in [5.41, 5.74) is 0.913. The van der Waals surface area contributed by atoms with Crippen LogP contribution in [-0.4, -0.2) is 49.7 Å². The number of nitrogens with one attached hydrogen (secondary N) is 1. The fourth-order valence-corrected chi connectivity index (χ4v) is 4.14. The molecule has 2 fully saturated rings. The smallest absolute Gasteiger partial charge is 0.323 e. The Balaban J connectivity index is 2.00. The molecule has 3 rings (SSSR count). The van der Waals surface area contributed by atoms with E-state index in [0.29, 0.717) is 6.61 Å². The predicted octanol–water partition coefficient (Wildman–Crippen LogP) is 2.21. The van der Waals surface area contributed by atoms with Crippen LogP contribution in [0.2, 0.25) is 0 Å². The van der Waals surface area contributed by atoms with Gasteiger partial charge in [0.05, 0.1) is 31.8 Å². The summed E-state index contributed by atoms with van der Waals surface area (Å²) in [4.78, 5) is 25.7. The van der Waals surface area contributed by atoms with Gasteiger partial charge in [-0.2, -0.15) is 0 Å². The number of benzene rings is 1. The maximum Gasteiger partial charge on any atom is 0.323 e. The predicted molar refractivity (Wildman–Crippen MR) is 101 cm³/mol. The van der Waals surface area contributed by atoms with Crippen LogP contribution in [0.5, 0.6) is 0 Å². The lowest BCUT2D eigenvalue weighted by Crippen LogP contribution is -2.45. The van der Waals surface area contributed by atoms with E-state index in [9.17, 15) is 9.59 Å². The summed E-state index contributed by atoms with van der Waals surface area (Å²) in [5.74, 6) is -2.58. The molecule has 2 aliphatic heterocycles.